The normalized spacial score (nSPS) is 10.6. The van der Waals surface area contributed by atoms with Gasteiger partial charge in [-0.2, -0.15) is 5.26 Å². The van der Waals surface area contributed by atoms with Crippen LogP contribution in [0.15, 0.2) is 54.6 Å². The first-order valence-electron chi connectivity index (χ1n) is 7.52. The van der Waals surface area contributed by atoms with E-state index in [9.17, 15) is 5.26 Å². The van der Waals surface area contributed by atoms with E-state index < -0.39 is 0 Å². The number of aryl methyl sites for hydroxylation is 1. The van der Waals surface area contributed by atoms with Crippen molar-refractivity contribution in [2.24, 2.45) is 7.05 Å². The molecule has 3 rings (SSSR count). The molecule has 0 aliphatic rings. The largest absolute Gasteiger partial charge is 0.366 e. The number of hydrogen-bond acceptors (Lipinski definition) is 2. The highest BCUT2D eigenvalue weighted by atomic mass is 15.1. The molecule has 3 nitrogen and oxygen atoms in total. The highest BCUT2D eigenvalue weighted by Crippen LogP contribution is 2.27. The van der Waals surface area contributed by atoms with Crippen LogP contribution in [0.3, 0.4) is 0 Å². The Kier molecular flexibility index (Phi) is 3.84. The average Bonchev–Trinajstić information content (AvgIpc) is 2.85. The van der Waals surface area contributed by atoms with Gasteiger partial charge >= 0.3 is 0 Å². The summed E-state index contributed by atoms with van der Waals surface area (Å²) in [7, 11) is 2.04. The topological polar surface area (TPSA) is 32.0 Å². The molecule has 22 heavy (non-hydrogen) atoms. The second-order valence-corrected chi connectivity index (χ2v) is 5.36. The molecule has 0 fully saturated rings. The van der Waals surface area contributed by atoms with E-state index in [0.717, 1.165) is 35.2 Å². The molecule has 2 aromatic carbocycles. The maximum absolute atomic E-state index is 9.60. The van der Waals surface area contributed by atoms with Crippen LogP contribution in [0.2, 0.25) is 0 Å². The molecule has 0 amide bonds. The summed E-state index contributed by atoms with van der Waals surface area (Å²) in [6, 6.07) is 20.8. The summed E-state index contributed by atoms with van der Waals surface area (Å²) < 4.78 is 2.14. The zero-order valence-electron chi connectivity index (χ0n) is 13.0. The van der Waals surface area contributed by atoms with Crippen molar-refractivity contribution in [3.05, 3.63) is 65.9 Å². The van der Waals surface area contributed by atoms with Gasteiger partial charge < -0.3 is 9.47 Å². The molecule has 0 aliphatic heterocycles. The van der Waals surface area contributed by atoms with Gasteiger partial charge in [-0.05, 0) is 25.1 Å². The lowest BCUT2D eigenvalue weighted by Gasteiger charge is -2.23. The fourth-order valence-corrected chi connectivity index (χ4v) is 2.96. The molecule has 0 aliphatic carbocycles. The van der Waals surface area contributed by atoms with Gasteiger partial charge in [0.05, 0.1) is 17.8 Å². The smallest absolute Gasteiger partial charge is 0.102 e. The van der Waals surface area contributed by atoms with Gasteiger partial charge in [0.1, 0.15) is 6.07 Å². The maximum atomic E-state index is 9.60. The van der Waals surface area contributed by atoms with Crippen LogP contribution in [0.4, 0.5) is 5.69 Å². The number of nitrogens with zero attached hydrogens (tertiary/aromatic N) is 3. The Morgan fingerprint density at radius 3 is 2.41 bits per heavy atom. The Balaban J connectivity index is 2.07. The van der Waals surface area contributed by atoms with Crippen LogP contribution >= 0.6 is 0 Å². The van der Waals surface area contributed by atoms with Crippen LogP contribution in [0.25, 0.3) is 10.9 Å². The summed E-state index contributed by atoms with van der Waals surface area (Å²) in [5.74, 6) is 0. The SMILES string of the molecule is CCN(Cc1c(C#N)c2ccccc2n1C)c1ccccc1. The van der Waals surface area contributed by atoms with E-state index in [1.165, 1.54) is 5.69 Å². The summed E-state index contributed by atoms with van der Waals surface area (Å²) in [5.41, 5.74) is 4.14. The number of nitriles is 1. The molecule has 0 radical (unpaired) electrons. The standard InChI is InChI=1S/C19H19N3/c1-3-22(15-9-5-4-6-10-15)14-19-17(13-20)16-11-7-8-12-18(16)21(19)2/h4-12H,3,14H2,1-2H3. The molecule has 110 valence electrons. The minimum atomic E-state index is 0.731. The van der Waals surface area contributed by atoms with Gasteiger partial charge in [-0.25, -0.2) is 0 Å². The first-order valence-corrected chi connectivity index (χ1v) is 7.52. The number of fused-ring (bicyclic) bond motifs is 1. The molecule has 0 atom stereocenters. The summed E-state index contributed by atoms with van der Waals surface area (Å²) in [5, 5.41) is 10.6. The van der Waals surface area contributed by atoms with Gasteiger partial charge in [0.2, 0.25) is 0 Å². The third-order valence-electron chi connectivity index (χ3n) is 4.18. The second-order valence-electron chi connectivity index (χ2n) is 5.36. The van der Waals surface area contributed by atoms with Crippen molar-refractivity contribution in [3.8, 4) is 6.07 Å². The van der Waals surface area contributed by atoms with Crippen LogP contribution in [0.1, 0.15) is 18.2 Å². The van der Waals surface area contributed by atoms with Gasteiger partial charge in [-0.3, -0.25) is 0 Å². The molecule has 3 heteroatoms. The Hall–Kier alpha value is -2.73. The fraction of sp³-hybridized carbons (Fsp3) is 0.211. The van der Waals surface area contributed by atoms with Gasteiger partial charge in [-0.15, -0.1) is 0 Å². The summed E-state index contributed by atoms with van der Waals surface area (Å²) in [6.45, 7) is 3.77. The fourth-order valence-electron chi connectivity index (χ4n) is 2.96. The quantitative estimate of drug-likeness (QED) is 0.725. The molecule has 0 spiro atoms. The molecule has 1 heterocycles. The van der Waals surface area contributed by atoms with Crippen molar-refractivity contribution >= 4 is 16.6 Å². The predicted octanol–water partition coefficient (Wildman–Crippen LogP) is 4.08. The Bertz CT molecular complexity index is 825. The number of benzene rings is 2. The van der Waals surface area contributed by atoms with Crippen molar-refractivity contribution in [1.82, 2.24) is 4.57 Å². The van der Waals surface area contributed by atoms with Crippen LogP contribution in [0.5, 0.6) is 0 Å². The van der Waals surface area contributed by atoms with E-state index in [-0.39, 0.29) is 0 Å². The molecule has 0 N–H and O–H groups in total. The first-order chi connectivity index (χ1) is 10.8. The van der Waals surface area contributed by atoms with Crippen molar-refractivity contribution in [2.45, 2.75) is 13.5 Å². The molecular formula is C19H19N3. The van der Waals surface area contributed by atoms with E-state index in [2.05, 4.69) is 40.7 Å². The number of aromatic nitrogens is 1. The van der Waals surface area contributed by atoms with Gasteiger partial charge in [-0.1, -0.05) is 36.4 Å². The van der Waals surface area contributed by atoms with Crippen molar-refractivity contribution in [2.75, 3.05) is 11.4 Å². The summed E-state index contributed by atoms with van der Waals surface area (Å²) >= 11 is 0. The number of para-hydroxylation sites is 2. The maximum Gasteiger partial charge on any atom is 0.102 e. The summed E-state index contributed by atoms with van der Waals surface area (Å²) in [4.78, 5) is 2.29. The predicted molar refractivity (Wildman–Crippen MR) is 90.8 cm³/mol. The van der Waals surface area contributed by atoms with Crippen LogP contribution in [-0.4, -0.2) is 11.1 Å². The number of rotatable bonds is 4. The molecule has 1 aromatic heterocycles. The average molecular weight is 289 g/mol. The molecule has 0 saturated heterocycles. The third kappa shape index (κ3) is 2.33. The van der Waals surface area contributed by atoms with Crippen molar-refractivity contribution < 1.29 is 0 Å². The third-order valence-corrected chi connectivity index (χ3v) is 4.18. The summed E-state index contributed by atoms with van der Waals surface area (Å²) in [6.07, 6.45) is 0. The highest BCUT2D eigenvalue weighted by molar-refractivity contribution is 5.88. The van der Waals surface area contributed by atoms with Gasteiger partial charge in [0.15, 0.2) is 0 Å². The minimum Gasteiger partial charge on any atom is -0.366 e. The van der Waals surface area contributed by atoms with E-state index in [1.807, 2.05) is 43.4 Å². The minimum absolute atomic E-state index is 0.731. The Morgan fingerprint density at radius 1 is 1.05 bits per heavy atom. The lowest BCUT2D eigenvalue weighted by Crippen LogP contribution is -2.23. The molecule has 3 aromatic rings. The van der Waals surface area contributed by atoms with Crippen LogP contribution in [-0.2, 0) is 13.6 Å². The molecule has 0 bridgehead atoms. The zero-order valence-corrected chi connectivity index (χ0v) is 13.0. The van der Waals surface area contributed by atoms with Gasteiger partial charge in [0.25, 0.3) is 0 Å². The van der Waals surface area contributed by atoms with Crippen LogP contribution in [0, 0.1) is 11.3 Å². The van der Waals surface area contributed by atoms with Gasteiger partial charge in [0, 0.05) is 30.2 Å². The Labute approximate surface area is 131 Å². The second kappa shape index (κ2) is 5.95. The lowest BCUT2D eigenvalue weighted by molar-refractivity contribution is 0.763. The molecular weight excluding hydrogens is 270 g/mol. The monoisotopic (exact) mass is 289 g/mol. The van der Waals surface area contributed by atoms with Crippen molar-refractivity contribution in [3.63, 3.8) is 0 Å². The number of hydrogen-bond donors (Lipinski definition) is 0. The van der Waals surface area contributed by atoms with E-state index in [0.29, 0.717) is 0 Å². The lowest BCUT2D eigenvalue weighted by atomic mass is 10.1. The first kappa shape index (κ1) is 14.2. The van der Waals surface area contributed by atoms with E-state index in [1.54, 1.807) is 0 Å². The molecule has 0 saturated carbocycles. The van der Waals surface area contributed by atoms with Crippen LogP contribution < -0.4 is 4.90 Å². The zero-order chi connectivity index (χ0) is 15.5. The van der Waals surface area contributed by atoms with E-state index >= 15 is 0 Å². The molecule has 0 unspecified atom stereocenters. The van der Waals surface area contributed by atoms with Crippen molar-refractivity contribution in [1.29, 1.82) is 5.26 Å². The number of anilines is 1. The van der Waals surface area contributed by atoms with E-state index in [4.69, 9.17) is 0 Å². The Morgan fingerprint density at radius 2 is 1.73 bits per heavy atom. The highest BCUT2D eigenvalue weighted by Gasteiger charge is 2.17.